The van der Waals surface area contributed by atoms with E-state index in [0.717, 1.165) is 0 Å². The first kappa shape index (κ1) is 45.2. The molecule has 0 N–H and O–H groups in total. The molecule has 0 aliphatic carbocycles. The number of hydrogen-bond acceptors (Lipinski definition) is 6. The standard InChI is InChI=1S/3C11H20O2.Al/c3*1-10(2,3)8(12)7-9(13)11(4,5)6;/h3*7,12H,1-6H3;/q;;;+3/p-3. The van der Waals surface area contributed by atoms with Gasteiger partial charge >= 0.3 is 17.4 Å². The summed E-state index contributed by atoms with van der Waals surface area (Å²) in [6, 6.07) is 0. The van der Waals surface area contributed by atoms with Crippen molar-refractivity contribution < 1.29 is 29.7 Å². The van der Waals surface area contributed by atoms with Crippen molar-refractivity contribution >= 4 is 34.7 Å². The van der Waals surface area contributed by atoms with E-state index in [1.165, 1.54) is 18.2 Å². The van der Waals surface area contributed by atoms with Gasteiger partial charge in [-0.1, -0.05) is 125 Å². The molecule has 0 rings (SSSR count). The Morgan fingerprint density at radius 1 is 0.350 bits per heavy atom. The molecule has 7 heteroatoms. The van der Waals surface area contributed by atoms with Crippen molar-refractivity contribution in [2.75, 3.05) is 0 Å². The summed E-state index contributed by atoms with van der Waals surface area (Å²) in [7, 11) is 0. The molecule has 0 amide bonds. The molecule has 0 unspecified atom stereocenters. The van der Waals surface area contributed by atoms with Gasteiger partial charge in [0.1, 0.15) is 0 Å². The topological polar surface area (TPSA) is 120 Å². The van der Waals surface area contributed by atoms with Crippen LogP contribution in [0.3, 0.4) is 0 Å². The van der Waals surface area contributed by atoms with E-state index in [0.29, 0.717) is 0 Å². The molecule has 0 aromatic rings. The summed E-state index contributed by atoms with van der Waals surface area (Å²) in [6.45, 7) is 32.5. The van der Waals surface area contributed by atoms with E-state index in [1.807, 2.05) is 125 Å². The second-order valence-electron chi connectivity index (χ2n) is 16.1. The van der Waals surface area contributed by atoms with Gasteiger partial charge in [0, 0.05) is 16.2 Å². The molecule has 0 heterocycles. The minimum Gasteiger partial charge on any atom is -0.875 e. The Morgan fingerprint density at radius 3 is 0.550 bits per heavy atom. The predicted molar refractivity (Wildman–Crippen MR) is 162 cm³/mol. The number of carbonyl (C=O) groups excluding carboxylic acids is 3. The van der Waals surface area contributed by atoms with Gasteiger partial charge in [0.2, 0.25) is 0 Å². The van der Waals surface area contributed by atoms with Gasteiger partial charge in [0.05, 0.1) is 0 Å². The quantitative estimate of drug-likeness (QED) is 0.256. The molecular weight excluding hydrogens is 519 g/mol. The van der Waals surface area contributed by atoms with Crippen LogP contribution in [0.1, 0.15) is 125 Å². The third-order valence-corrected chi connectivity index (χ3v) is 5.22. The van der Waals surface area contributed by atoms with Crippen LogP contribution < -0.4 is 15.3 Å². The third-order valence-electron chi connectivity index (χ3n) is 5.22. The monoisotopic (exact) mass is 576 g/mol. The van der Waals surface area contributed by atoms with Gasteiger partial charge in [-0.05, 0) is 34.5 Å². The fourth-order valence-electron chi connectivity index (χ4n) is 1.66. The fraction of sp³-hybridized carbons (Fsp3) is 0.727. The average Bonchev–Trinajstić information content (AvgIpc) is 2.64. The molecule has 228 valence electrons. The summed E-state index contributed by atoms with van der Waals surface area (Å²) in [5.41, 5.74) is -2.74. The van der Waals surface area contributed by atoms with Gasteiger partial charge in [-0.3, -0.25) is 14.4 Å². The molecule has 0 saturated heterocycles. The van der Waals surface area contributed by atoms with Gasteiger partial charge in [0.25, 0.3) is 0 Å². The Balaban J connectivity index is -0.000000240. The van der Waals surface area contributed by atoms with Crippen LogP contribution in [0.25, 0.3) is 0 Å². The average molecular weight is 577 g/mol. The summed E-state index contributed by atoms with van der Waals surface area (Å²) in [5.74, 6) is -0.625. The van der Waals surface area contributed by atoms with Gasteiger partial charge in [-0.15, -0.1) is 17.3 Å². The molecule has 6 nitrogen and oxygen atoms in total. The van der Waals surface area contributed by atoms with E-state index >= 15 is 0 Å². The molecule has 0 atom stereocenters. The van der Waals surface area contributed by atoms with Gasteiger partial charge < -0.3 is 15.3 Å². The van der Waals surface area contributed by atoms with E-state index in [1.54, 1.807) is 0 Å². The molecule has 0 spiro atoms. The summed E-state index contributed by atoms with van der Waals surface area (Å²) in [6.07, 6.45) is 3.67. The van der Waals surface area contributed by atoms with Crippen LogP contribution in [0, 0.1) is 32.5 Å². The Labute approximate surface area is 256 Å². The van der Waals surface area contributed by atoms with Crippen LogP contribution in [0.4, 0.5) is 0 Å². The Hall–Kier alpha value is -1.84. The largest absolute Gasteiger partial charge is 3.00 e. The number of rotatable bonds is 3. The molecule has 0 aliphatic rings. The Morgan fingerprint density at radius 2 is 0.475 bits per heavy atom. The SMILES string of the molecule is CC(C)(C)C(=O)C=C([O-])C(C)(C)C.CC(C)(C)C(=O)C=C([O-])C(C)(C)C.CC(C)(C)C(=O)C=C([O-])C(C)(C)C.[Al+3]. The summed E-state index contributed by atoms with van der Waals surface area (Å²) < 4.78 is 0. The fourth-order valence-corrected chi connectivity index (χ4v) is 1.66. The predicted octanol–water partition coefficient (Wildman–Crippen LogP) is 5.29. The first-order valence-electron chi connectivity index (χ1n) is 13.5. The molecule has 0 saturated carbocycles. The van der Waals surface area contributed by atoms with E-state index in [4.69, 9.17) is 0 Å². The zero-order chi connectivity index (χ0) is 32.6. The van der Waals surface area contributed by atoms with E-state index in [-0.39, 0.29) is 52.0 Å². The molecule has 0 aromatic carbocycles. The minimum absolute atomic E-state index is 0. The van der Waals surface area contributed by atoms with Crippen LogP contribution in [0.5, 0.6) is 0 Å². The van der Waals surface area contributed by atoms with Crippen molar-refractivity contribution in [2.45, 2.75) is 125 Å². The molecule has 40 heavy (non-hydrogen) atoms. The zero-order valence-corrected chi connectivity index (χ0v) is 29.9. The van der Waals surface area contributed by atoms with E-state index < -0.39 is 32.5 Å². The van der Waals surface area contributed by atoms with Crippen LogP contribution in [0.15, 0.2) is 35.5 Å². The maximum atomic E-state index is 11.4. The molecule has 0 bridgehead atoms. The van der Waals surface area contributed by atoms with Gasteiger partial charge in [-0.2, -0.15) is 0 Å². The van der Waals surface area contributed by atoms with Crippen molar-refractivity contribution in [3.63, 3.8) is 0 Å². The molecular formula is C33H57AlO6. The summed E-state index contributed by atoms with van der Waals surface area (Å²) in [5, 5.41) is 34.3. The third kappa shape index (κ3) is 21.0. The smallest absolute Gasteiger partial charge is 0.875 e. The van der Waals surface area contributed by atoms with Crippen molar-refractivity contribution in [2.24, 2.45) is 32.5 Å². The zero-order valence-electron chi connectivity index (χ0n) is 28.8. The van der Waals surface area contributed by atoms with E-state index in [2.05, 4.69) is 0 Å². The molecule has 0 fully saturated rings. The summed E-state index contributed by atoms with van der Waals surface area (Å²) >= 11 is 0. The minimum atomic E-state index is -0.457. The normalized spacial score (nSPS) is 14.1. The number of allylic oxidation sites excluding steroid dienone is 6. The van der Waals surface area contributed by atoms with Gasteiger partial charge in [0.15, 0.2) is 17.3 Å². The first-order valence-corrected chi connectivity index (χ1v) is 13.5. The molecule has 0 aromatic heterocycles. The van der Waals surface area contributed by atoms with Crippen molar-refractivity contribution in [1.82, 2.24) is 0 Å². The van der Waals surface area contributed by atoms with Crippen molar-refractivity contribution in [3.8, 4) is 0 Å². The number of hydrogen-bond donors (Lipinski definition) is 0. The van der Waals surface area contributed by atoms with Crippen LogP contribution in [-0.4, -0.2) is 34.7 Å². The van der Waals surface area contributed by atoms with Crippen molar-refractivity contribution in [1.29, 1.82) is 0 Å². The second-order valence-corrected chi connectivity index (χ2v) is 16.1. The Bertz CT molecular complexity index is 801. The number of carbonyl (C=O) groups is 3. The first-order chi connectivity index (χ1) is 16.6. The molecule has 0 aliphatic heterocycles. The second kappa shape index (κ2) is 16.0. The van der Waals surface area contributed by atoms with E-state index in [9.17, 15) is 29.7 Å². The van der Waals surface area contributed by atoms with Crippen LogP contribution in [0.2, 0.25) is 0 Å². The summed E-state index contributed by atoms with van der Waals surface area (Å²) in [4.78, 5) is 34.3. The molecule has 0 radical (unpaired) electrons. The van der Waals surface area contributed by atoms with Gasteiger partial charge in [-0.25, -0.2) is 0 Å². The maximum Gasteiger partial charge on any atom is 3.00 e. The maximum absolute atomic E-state index is 11.4. The van der Waals surface area contributed by atoms with Crippen LogP contribution >= 0.6 is 0 Å². The number of ketones is 3. The Kier molecular flexibility index (Phi) is 18.0. The van der Waals surface area contributed by atoms with Crippen molar-refractivity contribution in [3.05, 3.63) is 35.5 Å². The van der Waals surface area contributed by atoms with Crippen LogP contribution in [-0.2, 0) is 14.4 Å².